The van der Waals surface area contributed by atoms with E-state index in [0.29, 0.717) is 13.2 Å². The molecule has 1 aromatic carbocycles. The Bertz CT molecular complexity index is 556. The topological polar surface area (TPSA) is 108 Å². The molecule has 0 aromatic heterocycles. The number of benzene rings is 1. The fourth-order valence-corrected chi connectivity index (χ4v) is 1.94. The number of carbonyl (C=O) groups excluding carboxylic acids is 1. The van der Waals surface area contributed by atoms with E-state index in [1.54, 1.807) is 0 Å². The average molecular weight is 288 g/mol. The molecule has 1 aromatic rings. The number of hydrogen-bond donors (Lipinski definition) is 2. The first kappa shape index (κ1) is 15.4. The SMILES string of the molecule is COCCNC(=O)c1cc(S(N)(=O)=O)ccc1OC. The highest BCUT2D eigenvalue weighted by molar-refractivity contribution is 7.89. The zero-order chi connectivity index (χ0) is 14.5. The highest BCUT2D eigenvalue weighted by Crippen LogP contribution is 2.21. The third kappa shape index (κ3) is 4.19. The predicted octanol–water partition coefficient (Wildman–Crippen LogP) is -0.281. The lowest BCUT2D eigenvalue weighted by molar-refractivity contribution is 0.0934. The summed E-state index contributed by atoms with van der Waals surface area (Å²) in [5.74, 6) is -0.193. The third-order valence-electron chi connectivity index (χ3n) is 2.34. The van der Waals surface area contributed by atoms with Crippen LogP contribution >= 0.6 is 0 Å². The fraction of sp³-hybridized carbons (Fsp3) is 0.364. The largest absolute Gasteiger partial charge is 0.496 e. The molecule has 1 rings (SSSR count). The number of methoxy groups -OCH3 is 2. The second-order valence-corrected chi connectivity index (χ2v) is 5.22. The van der Waals surface area contributed by atoms with Crippen molar-refractivity contribution in [1.29, 1.82) is 0 Å². The Hall–Kier alpha value is -1.64. The number of nitrogens with two attached hydrogens (primary N) is 1. The lowest BCUT2D eigenvalue weighted by Gasteiger charge is -2.10. The summed E-state index contributed by atoms with van der Waals surface area (Å²) in [7, 11) is -0.974. The normalized spacial score (nSPS) is 11.1. The summed E-state index contributed by atoms with van der Waals surface area (Å²) in [5, 5.41) is 7.59. The zero-order valence-corrected chi connectivity index (χ0v) is 11.5. The van der Waals surface area contributed by atoms with Gasteiger partial charge in [0.25, 0.3) is 5.91 Å². The van der Waals surface area contributed by atoms with Crippen LogP contribution in [0.1, 0.15) is 10.4 Å². The maximum atomic E-state index is 11.9. The summed E-state index contributed by atoms with van der Waals surface area (Å²) < 4.78 is 32.3. The summed E-state index contributed by atoms with van der Waals surface area (Å²) >= 11 is 0. The van der Waals surface area contributed by atoms with Crippen LogP contribution in [0, 0.1) is 0 Å². The minimum Gasteiger partial charge on any atom is -0.496 e. The van der Waals surface area contributed by atoms with Crippen molar-refractivity contribution >= 4 is 15.9 Å². The Kier molecular flexibility index (Phi) is 5.28. The van der Waals surface area contributed by atoms with Crippen LogP contribution in [0.2, 0.25) is 0 Å². The molecule has 0 radical (unpaired) electrons. The van der Waals surface area contributed by atoms with Crippen molar-refractivity contribution in [3.8, 4) is 5.75 Å². The maximum Gasteiger partial charge on any atom is 0.255 e. The van der Waals surface area contributed by atoms with E-state index in [0.717, 1.165) is 0 Å². The number of ether oxygens (including phenoxy) is 2. The second kappa shape index (κ2) is 6.50. The van der Waals surface area contributed by atoms with Crippen LogP contribution in [-0.2, 0) is 14.8 Å². The van der Waals surface area contributed by atoms with E-state index in [1.165, 1.54) is 32.4 Å². The van der Waals surface area contributed by atoms with Gasteiger partial charge >= 0.3 is 0 Å². The van der Waals surface area contributed by atoms with E-state index in [-0.39, 0.29) is 16.2 Å². The number of carbonyl (C=O) groups is 1. The lowest BCUT2D eigenvalue weighted by Crippen LogP contribution is -2.27. The van der Waals surface area contributed by atoms with E-state index in [1.807, 2.05) is 0 Å². The van der Waals surface area contributed by atoms with Gasteiger partial charge in [0.05, 0.1) is 24.2 Å². The summed E-state index contributed by atoms with van der Waals surface area (Å²) in [6.07, 6.45) is 0. The summed E-state index contributed by atoms with van der Waals surface area (Å²) in [6, 6.07) is 3.83. The Balaban J connectivity index is 3.06. The molecule has 19 heavy (non-hydrogen) atoms. The van der Waals surface area contributed by atoms with Crippen LogP contribution < -0.4 is 15.2 Å². The summed E-state index contributed by atoms with van der Waals surface area (Å²) in [6.45, 7) is 0.654. The molecule has 0 spiro atoms. The smallest absolute Gasteiger partial charge is 0.255 e. The van der Waals surface area contributed by atoms with Crippen molar-refractivity contribution in [3.05, 3.63) is 23.8 Å². The van der Waals surface area contributed by atoms with E-state index in [4.69, 9.17) is 14.6 Å². The van der Waals surface area contributed by atoms with Crippen LogP contribution in [0.4, 0.5) is 0 Å². The molecule has 0 aliphatic heterocycles. The van der Waals surface area contributed by atoms with Gasteiger partial charge in [0.1, 0.15) is 5.75 Å². The number of amides is 1. The third-order valence-corrected chi connectivity index (χ3v) is 3.25. The standard InChI is InChI=1S/C11H16N2O5S/c1-17-6-5-13-11(14)9-7-8(19(12,15)16)3-4-10(9)18-2/h3-4,7H,5-6H2,1-2H3,(H,13,14)(H2,12,15,16). The first-order valence-electron chi connectivity index (χ1n) is 5.38. The van der Waals surface area contributed by atoms with Gasteiger partial charge in [-0.05, 0) is 18.2 Å². The molecule has 0 fully saturated rings. The van der Waals surface area contributed by atoms with Gasteiger partial charge in [-0.1, -0.05) is 0 Å². The van der Waals surface area contributed by atoms with E-state index in [9.17, 15) is 13.2 Å². The quantitative estimate of drug-likeness (QED) is 0.700. The zero-order valence-electron chi connectivity index (χ0n) is 10.7. The van der Waals surface area contributed by atoms with Crippen LogP contribution in [0.3, 0.4) is 0 Å². The van der Waals surface area contributed by atoms with Crippen LogP contribution in [0.5, 0.6) is 5.75 Å². The molecule has 0 aliphatic rings. The van der Waals surface area contributed by atoms with Gasteiger partial charge < -0.3 is 14.8 Å². The molecule has 0 saturated heterocycles. The van der Waals surface area contributed by atoms with Gasteiger partial charge in [-0.25, -0.2) is 13.6 Å². The fourth-order valence-electron chi connectivity index (χ4n) is 1.40. The molecule has 0 saturated carbocycles. The van der Waals surface area contributed by atoms with Crippen LogP contribution in [0.15, 0.2) is 23.1 Å². The van der Waals surface area contributed by atoms with Crippen molar-refractivity contribution in [2.24, 2.45) is 5.14 Å². The Labute approximate surface area is 111 Å². The van der Waals surface area contributed by atoms with E-state index in [2.05, 4.69) is 5.32 Å². The van der Waals surface area contributed by atoms with Crippen molar-refractivity contribution < 1.29 is 22.7 Å². The van der Waals surface area contributed by atoms with Crippen molar-refractivity contribution in [2.75, 3.05) is 27.4 Å². The molecule has 1 amide bonds. The molecular weight excluding hydrogens is 272 g/mol. The molecule has 106 valence electrons. The van der Waals surface area contributed by atoms with Gasteiger partial charge in [0, 0.05) is 13.7 Å². The average Bonchev–Trinajstić information content (AvgIpc) is 2.37. The second-order valence-electron chi connectivity index (χ2n) is 3.66. The highest BCUT2D eigenvalue weighted by Gasteiger charge is 2.16. The van der Waals surface area contributed by atoms with Gasteiger partial charge in [0.15, 0.2) is 0 Å². The highest BCUT2D eigenvalue weighted by atomic mass is 32.2. The van der Waals surface area contributed by atoms with Crippen LogP contribution in [-0.4, -0.2) is 41.7 Å². The monoisotopic (exact) mass is 288 g/mol. The molecule has 3 N–H and O–H groups in total. The molecule has 7 nitrogen and oxygen atoms in total. The number of sulfonamides is 1. The summed E-state index contributed by atoms with van der Waals surface area (Å²) in [4.78, 5) is 11.7. The first-order chi connectivity index (χ1) is 8.90. The number of rotatable bonds is 6. The Morgan fingerprint density at radius 3 is 2.58 bits per heavy atom. The molecule has 0 atom stereocenters. The first-order valence-corrected chi connectivity index (χ1v) is 6.92. The van der Waals surface area contributed by atoms with Gasteiger partial charge in [-0.2, -0.15) is 0 Å². The minimum atomic E-state index is -3.87. The number of nitrogens with one attached hydrogen (secondary N) is 1. The van der Waals surface area contributed by atoms with E-state index < -0.39 is 15.9 Å². The van der Waals surface area contributed by atoms with Gasteiger partial charge in [-0.3, -0.25) is 4.79 Å². The molecule has 0 unspecified atom stereocenters. The predicted molar refractivity (Wildman–Crippen MR) is 68.6 cm³/mol. The van der Waals surface area contributed by atoms with Crippen molar-refractivity contribution in [2.45, 2.75) is 4.90 Å². The lowest BCUT2D eigenvalue weighted by atomic mass is 10.2. The summed E-state index contributed by atoms with van der Waals surface area (Å²) in [5.41, 5.74) is 0.102. The van der Waals surface area contributed by atoms with Crippen molar-refractivity contribution in [3.63, 3.8) is 0 Å². The van der Waals surface area contributed by atoms with Crippen LogP contribution in [0.25, 0.3) is 0 Å². The number of primary sulfonamides is 1. The molecule has 0 bridgehead atoms. The Morgan fingerprint density at radius 2 is 2.05 bits per heavy atom. The maximum absolute atomic E-state index is 11.9. The molecular formula is C11H16N2O5S. The minimum absolute atomic E-state index is 0.102. The van der Waals surface area contributed by atoms with Gasteiger partial charge in [0.2, 0.25) is 10.0 Å². The van der Waals surface area contributed by atoms with Crippen molar-refractivity contribution in [1.82, 2.24) is 5.32 Å². The van der Waals surface area contributed by atoms with Gasteiger partial charge in [-0.15, -0.1) is 0 Å². The van der Waals surface area contributed by atoms with E-state index >= 15 is 0 Å². The molecule has 0 heterocycles. The molecule has 8 heteroatoms. The molecule has 0 aliphatic carbocycles. The Morgan fingerprint density at radius 1 is 1.37 bits per heavy atom. The number of hydrogen-bond acceptors (Lipinski definition) is 5.